The average Bonchev–Trinajstić information content (AvgIpc) is 2.11. The number of para-hydroxylation sites is 1. The van der Waals surface area contributed by atoms with E-state index in [1.165, 1.54) is 0 Å². The molecule has 1 rings (SSSR count). The highest BCUT2D eigenvalue weighted by Crippen LogP contribution is 2.19. The van der Waals surface area contributed by atoms with Gasteiger partial charge in [-0.2, -0.15) is 0 Å². The summed E-state index contributed by atoms with van der Waals surface area (Å²) < 4.78 is 0. The molecule has 76 valence electrons. The zero-order chi connectivity index (χ0) is 10.7. The second kappa shape index (κ2) is 4.21. The van der Waals surface area contributed by atoms with Gasteiger partial charge in [-0.3, -0.25) is 4.79 Å². The number of benzene rings is 1. The Hall–Kier alpha value is -1.39. The standard InChI is InChI=1S/C10H13NO3/c1-6-4-3-5-7(2)8(6)11-9(12)10(13)14/h3-5,10,13-14H,1-2H3,(H,11,12). The zero-order valence-corrected chi connectivity index (χ0v) is 8.11. The first kappa shape index (κ1) is 10.7. The normalized spacial score (nSPS) is 10.4. The zero-order valence-electron chi connectivity index (χ0n) is 8.11. The molecule has 0 aromatic heterocycles. The molecule has 0 saturated heterocycles. The van der Waals surface area contributed by atoms with E-state index in [1.54, 1.807) is 0 Å². The van der Waals surface area contributed by atoms with Crippen molar-refractivity contribution in [3.8, 4) is 0 Å². The van der Waals surface area contributed by atoms with E-state index in [0.717, 1.165) is 11.1 Å². The summed E-state index contributed by atoms with van der Waals surface area (Å²) >= 11 is 0. The lowest BCUT2D eigenvalue weighted by molar-refractivity contribution is -0.141. The molecule has 3 N–H and O–H groups in total. The monoisotopic (exact) mass is 195 g/mol. The number of hydrogen-bond acceptors (Lipinski definition) is 3. The van der Waals surface area contributed by atoms with Gasteiger partial charge in [0.1, 0.15) is 0 Å². The Labute approximate surface area is 82.2 Å². The maximum Gasteiger partial charge on any atom is 0.280 e. The lowest BCUT2D eigenvalue weighted by atomic mass is 10.1. The van der Waals surface area contributed by atoms with E-state index in [0.29, 0.717) is 5.69 Å². The van der Waals surface area contributed by atoms with Gasteiger partial charge in [0, 0.05) is 5.69 Å². The van der Waals surface area contributed by atoms with Gasteiger partial charge in [-0.1, -0.05) is 18.2 Å². The van der Waals surface area contributed by atoms with E-state index in [1.807, 2.05) is 32.0 Å². The Morgan fingerprint density at radius 2 is 1.79 bits per heavy atom. The number of rotatable bonds is 2. The molecular formula is C10H13NO3. The Balaban J connectivity index is 2.91. The summed E-state index contributed by atoms with van der Waals surface area (Å²) in [5.41, 5.74) is 2.41. The third-order valence-corrected chi connectivity index (χ3v) is 1.96. The van der Waals surface area contributed by atoms with Crippen LogP contribution in [0.2, 0.25) is 0 Å². The summed E-state index contributed by atoms with van der Waals surface area (Å²) in [6.45, 7) is 3.68. The van der Waals surface area contributed by atoms with E-state index in [-0.39, 0.29) is 0 Å². The Morgan fingerprint density at radius 1 is 1.29 bits per heavy atom. The van der Waals surface area contributed by atoms with Crippen LogP contribution < -0.4 is 5.32 Å². The molecule has 1 aromatic carbocycles. The summed E-state index contributed by atoms with van der Waals surface area (Å²) in [6.07, 6.45) is -1.98. The molecule has 0 spiro atoms. The van der Waals surface area contributed by atoms with Crippen LogP contribution in [-0.2, 0) is 4.79 Å². The highest BCUT2D eigenvalue weighted by molar-refractivity contribution is 5.94. The van der Waals surface area contributed by atoms with Gasteiger partial charge in [-0.05, 0) is 25.0 Å². The summed E-state index contributed by atoms with van der Waals surface area (Å²) in [5, 5.41) is 19.7. The van der Waals surface area contributed by atoms with Crippen LogP contribution in [0.25, 0.3) is 0 Å². The fourth-order valence-electron chi connectivity index (χ4n) is 1.20. The molecule has 4 heteroatoms. The second-order valence-electron chi connectivity index (χ2n) is 3.13. The topological polar surface area (TPSA) is 69.6 Å². The molecule has 0 atom stereocenters. The smallest absolute Gasteiger partial charge is 0.280 e. The van der Waals surface area contributed by atoms with Crippen LogP contribution in [-0.4, -0.2) is 22.4 Å². The molecule has 0 aliphatic rings. The Bertz CT molecular complexity index is 327. The first-order valence-electron chi connectivity index (χ1n) is 4.25. The number of amides is 1. The maximum absolute atomic E-state index is 11.0. The quantitative estimate of drug-likeness (QED) is 0.604. The van der Waals surface area contributed by atoms with Crippen molar-refractivity contribution in [1.29, 1.82) is 0 Å². The number of hydrogen-bond donors (Lipinski definition) is 3. The number of nitrogens with one attached hydrogen (secondary N) is 1. The minimum atomic E-state index is -1.98. The third-order valence-electron chi connectivity index (χ3n) is 1.96. The van der Waals surface area contributed by atoms with E-state index in [2.05, 4.69) is 5.32 Å². The molecule has 1 amide bonds. The van der Waals surface area contributed by atoms with Crippen LogP contribution >= 0.6 is 0 Å². The molecule has 1 aromatic rings. The molecule has 4 nitrogen and oxygen atoms in total. The number of carbonyl (C=O) groups is 1. The molecule has 0 radical (unpaired) electrons. The molecular weight excluding hydrogens is 182 g/mol. The molecule has 0 aliphatic heterocycles. The van der Waals surface area contributed by atoms with Gasteiger partial charge in [0.2, 0.25) is 6.29 Å². The fraction of sp³-hybridized carbons (Fsp3) is 0.300. The highest BCUT2D eigenvalue weighted by atomic mass is 16.5. The minimum absolute atomic E-state index is 0.630. The van der Waals surface area contributed by atoms with Gasteiger partial charge in [0.15, 0.2) is 0 Å². The maximum atomic E-state index is 11.0. The lowest BCUT2D eigenvalue weighted by Crippen LogP contribution is -2.27. The van der Waals surface area contributed by atoms with Crippen molar-refractivity contribution in [2.24, 2.45) is 0 Å². The van der Waals surface area contributed by atoms with Crippen molar-refractivity contribution in [2.45, 2.75) is 20.1 Å². The van der Waals surface area contributed by atoms with E-state index < -0.39 is 12.2 Å². The molecule has 0 bridgehead atoms. The number of aryl methyl sites for hydroxylation is 2. The van der Waals surface area contributed by atoms with Crippen molar-refractivity contribution in [3.05, 3.63) is 29.3 Å². The van der Waals surface area contributed by atoms with E-state index in [9.17, 15) is 4.79 Å². The van der Waals surface area contributed by atoms with Crippen molar-refractivity contribution in [2.75, 3.05) is 5.32 Å². The first-order valence-corrected chi connectivity index (χ1v) is 4.25. The Morgan fingerprint density at radius 3 is 2.21 bits per heavy atom. The molecule has 0 saturated carbocycles. The number of aliphatic hydroxyl groups is 2. The van der Waals surface area contributed by atoms with Crippen LogP contribution in [0.15, 0.2) is 18.2 Å². The van der Waals surface area contributed by atoms with Gasteiger partial charge in [0.25, 0.3) is 5.91 Å². The van der Waals surface area contributed by atoms with Crippen LogP contribution in [0.5, 0.6) is 0 Å². The van der Waals surface area contributed by atoms with E-state index >= 15 is 0 Å². The van der Waals surface area contributed by atoms with Crippen LogP contribution in [0.3, 0.4) is 0 Å². The van der Waals surface area contributed by atoms with Gasteiger partial charge in [-0.15, -0.1) is 0 Å². The van der Waals surface area contributed by atoms with Crippen LogP contribution in [0, 0.1) is 13.8 Å². The van der Waals surface area contributed by atoms with E-state index in [4.69, 9.17) is 10.2 Å². The first-order chi connectivity index (χ1) is 6.52. The summed E-state index contributed by atoms with van der Waals surface area (Å²) in [4.78, 5) is 11.0. The fourth-order valence-corrected chi connectivity index (χ4v) is 1.20. The predicted molar refractivity (Wildman–Crippen MR) is 52.8 cm³/mol. The van der Waals surface area contributed by atoms with Gasteiger partial charge in [-0.25, -0.2) is 0 Å². The summed E-state index contributed by atoms with van der Waals surface area (Å²) in [6, 6.07) is 5.55. The van der Waals surface area contributed by atoms with Gasteiger partial charge in [0.05, 0.1) is 0 Å². The second-order valence-corrected chi connectivity index (χ2v) is 3.13. The number of aliphatic hydroxyl groups excluding tert-OH is 1. The molecule has 0 aliphatic carbocycles. The lowest BCUT2D eigenvalue weighted by Gasteiger charge is -2.11. The number of carbonyl (C=O) groups excluding carboxylic acids is 1. The average molecular weight is 195 g/mol. The molecule has 0 fully saturated rings. The summed E-state index contributed by atoms with van der Waals surface area (Å²) in [5.74, 6) is -0.817. The van der Waals surface area contributed by atoms with Crippen molar-refractivity contribution >= 4 is 11.6 Å². The highest BCUT2D eigenvalue weighted by Gasteiger charge is 2.12. The van der Waals surface area contributed by atoms with Crippen molar-refractivity contribution in [1.82, 2.24) is 0 Å². The van der Waals surface area contributed by atoms with Crippen molar-refractivity contribution < 1.29 is 15.0 Å². The summed E-state index contributed by atoms with van der Waals surface area (Å²) in [7, 11) is 0. The molecule has 0 unspecified atom stereocenters. The molecule has 14 heavy (non-hydrogen) atoms. The Kier molecular flexibility index (Phi) is 3.22. The van der Waals surface area contributed by atoms with Gasteiger partial charge < -0.3 is 15.5 Å². The molecule has 0 heterocycles. The van der Waals surface area contributed by atoms with Gasteiger partial charge >= 0.3 is 0 Å². The van der Waals surface area contributed by atoms with Crippen LogP contribution in [0.4, 0.5) is 5.69 Å². The number of anilines is 1. The SMILES string of the molecule is Cc1cccc(C)c1NC(=O)C(O)O. The van der Waals surface area contributed by atoms with Crippen LogP contribution in [0.1, 0.15) is 11.1 Å². The van der Waals surface area contributed by atoms with Crippen molar-refractivity contribution in [3.63, 3.8) is 0 Å². The predicted octanol–water partition coefficient (Wildman–Crippen LogP) is 0.553. The largest absolute Gasteiger partial charge is 0.361 e. The minimum Gasteiger partial charge on any atom is -0.361 e. The third kappa shape index (κ3) is 2.31.